The largest absolute Gasteiger partial charge is 0.431 e. The second kappa shape index (κ2) is 21.7. The van der Waals surface area contributed by atoms with Crippen molar-refractivity contribution in [3.05, 3.63) is 180 Å². The van der Waals surface area contributed by atoms with Crippen molar-refractivity contribution in [3.63, 3.8) is 0 Å². The van der Waals surface area contributed by atoms with Crippen LogP contribution in [0.15, 0.2) is 167 Å². The molecule has 1 aliphatic rings. The number of nitrogens with zero attached hydrogens (tertiary/aromatic N) is 1. The van der Waals surface area contributed by atoms with E-state index in [-0.39, 0.29) is 30.6 Å². The van der Waals surface area contributed by atoms with E-state index < -0.39 is 6.29 Å². The van der Waals surface area contributed by atoms with E-state index >= 15 is 0 Å². The number of benzene rings is 6. The lowest BCUT2D eigenvalue weighted by atomic mass is 9.99. The summed E-state index contributed by atoms with van der Waals surface area (Å²) in [5.41, 5.74) is 15.6. The lowest BCUT2D eigenvalue weighted by molar-refractivity contribution is -0.245. The predicted molar refractivity (Wildman–Crippen MR) is 253 cm³/mol. The number of carbonyl (C=O) groups excluding carboxylic acids is 2. The first kappa shape index (κ1) is 44.1. The number of nitrogens with two attached hydrogens (primary N) is 1. The Morgan fingerprint density at radius 1 is 0.672 bits per heavy atom. The molecule has 10 nitrogen and oxygen atoms in total. The summed E-state index contributed by atoms with van der Waals surface area (Å²) in [5, 5.41) is 16.1. The topological polar surface area (TPSA) is 149 Å². The highest BCUT2D eigenvalue weighted by Crippen LogP contribution is 2.41. The first-order chi connectivity index (χ1) is 31.4. The van der Waals surface area contributed by atoms with Crippen molar-refractivity contribution < 1.29 is 28.6 Å². The molecule has 8 rings (SSSR count). The number of aromatic nitrogens is 1. The van der Waals surface area contributed by atoms with Crippen molar-refractivity contribution in [1.29, 1.82) is 0 Å². The molecule has 0 saturated carbocycles. The minimum absolute atomic E-state index is 0.0163. The highest BCUT2D eigenvalue weighted by Gasteiger charge is 2.33. The number of hydrogen-bond acceptors (Lipinski definition) is 9. The van der Waals surface area contributed by atoms with Crippen LogP contribution in [0, 0.1) is 0 Å². The zero-order valence-electron chi connectivity index (χ0n) is 35.5. The molecule has 0 aliphatic carbocycles. The molecule has 11 heteroatoms. The molecule has 1 saturated heterocycles. The second-order valence-electron chi connectivity index (χ2n) is 15.8. The molecule has 1 aliphatic heterocycles. The van der Waals surface area contributed by atoms with Crippen LogP contribution >= 0.6 is 11.8 Å². The molecule has 326 valence electrons. The molecule has 0 radical (unpaired) electrons. The third-order valence-electron chi connectivity index (χ3n) is 11.2. The number of anilines is 2. The minimum Gasteiger partial charge on any atom is -0.431 e. The monoisotopic (exact) mass is 872 g/mol. The van der Waals surface area contributed by atoms with Crippen LogP contribution in [0.3, 0.4) is 0 Å². The summed E-state index contributed by atoms with van der Waals surface area (Å²) in [6.07, 6.45) is 2.55. The van der Waals surface area contributed by atoms with Crippen LogP contribution in [0.4, 0.5) is 11.4 Å². The van der Waals surface area contributed by atoms with Crippen molar-refractivity contribution in [2.24, 2.45) is 0 Å². The molecule has 0 spiro atoms. The van der Waals surface area contributed by atoms with Crippen LogP contribution in [0.5, 0.6) is 0 Å². The lowest BCUT2D eigenvalue weighted by Crippen LogP contribution is -2.31. The van der Waals surface area contributed by atoms with Crippen LogP contribution < -0.4 is 16.4 Å². The number of rotatable bonds is 18. The third kappa shape index (κ3) is 11.7. The van der Waals surface area contributed by atoms with Gasteiger partial charge in [-0.2, -0.15) is 0 Å². The fourth-order valence-electron chi connectivity index (χ4n) is 7.68. The Kier molecular flexibility index (Phi) is 15.0. The van der Waals surface area contributed by atoms with Crippen molar-refractivity contribution in [3.8, 4) is 33.7 Å². The number of aliphatic hydroxyl groups is 1. The van der Waals surface area contributed by atoms with Gasteiger partial charge in [-0.25, -0.2) is 4.98 Å². The fourth-order valence-corrected chi connectivity index (χ4v) is 8.52. The maximum atomic E-state index is 12.7. The average molecular weight is 873 g/mol. The van der Waals surface area contributed by atoms with Gasteiger partial charge in [-0.1, -0.05) is 158 Å². The molecule has 5 N–H and O–H groups in total. The Hall–Kier alpha value is -6.50. The van der Waals surface area contributed by atoms with Crippen LogP contribution in [0.25, 0.3) is 33.7 Å². The van der Waals surface area contributed by atoms with E-state index in [0.717, 1.165) is 62.4 Å². The molecule has 1 fully saturated rings. The van der Waals surface area contributed by atoms with Gasteiger partial charge in [0.1, 0.15) is 5.69 Å². The number of nitrogens with one attached hydrogen (secondary N) is 2. The fraction of sp³-hybridized carbons (Fsp3) is 0.226. The molecule has 64 heavy (non-hydrogen) atoms. The lowest BCUT2D eigenvalue weighted by Gasteiger charge is -2.36. The number of oxazole rings is 1. The van der Waals surface area contributed by atoms with Gasteiger partial charge in [0.15, 0.2) is 12.1 Å². The summed E-state index contributed by atoms with van der Waals surface area (Å²) in [7, 11) is 0. The van der Waals surface area contributed by atoms with Gasteiger partial charge in [0.05, 0.1) is 30.2 Å². The molecule has 2 amide bonds. The van der Waals surface area contributed by atoms with E-state index in [0.29, 0.717) is 61.0 Å². The molecule has 3 atom stereocenters. The molecule has 2 heterocycles. The summed E-state index contributed by atoms with van der Waals surface area (Å²) in [5.74, 6) is 1.23. The van der Waals surface area contributed by atoms with Gasteiger partial charge < -0.3 is 35.4 Å². The SMILES string of the molecule is Nc1ccccc1NC(=O)CCCCCC(=O)NCc1cccc(-c2ccc([C@H]3O[C@@H](CSc4nc(-c5ccccc5)c(-c5ccccc5)o4)C[C@@H](c4ccc(CO)cc4)O3)cc2)c1. The van der Waals surface area contributed by atoms with Crippen molar-refractivity contribution in [2.45, 2.75) is 75.4 Å². The first-order valence-corrected chi connectivity index (χ1v) is 22.7. The summed E-state index contributed by atoms with van der Waals surface area (Å²) < 4.78 is 19.8. The number of aliphatic hydroxyl groups excluding tert-OH is 1. The number of amides is 2. The van der Waals surface area contributed by atoms with Gasteiger partial charge in [-0.3, -0.25) is 9.59 Å². The third-order valence-corrected chi connectivity index (χ3v) is 12.1. The molecular weight excluding hydrogens is 821 g/mol. The number of carbonyl (C=O) groups is 2. The smallest absolute Gasteiger partial charge is 0.256 e. The molecular formula is C53H52N4O6S. The Morgan fingerprint density at radius 3 is 2.08 bits per heavy atom. The number of ether oxygens (including phenoxy) is 2. The average Bonchev–Trinajstić information content (AvgIpc) is 3.78. The van der Waals surface area contributed by atoms with E-state index in [9.17, 15) is 14.7 Å². The highest BCUT2D eigenvalue weighted by atomic mass is 32.2. The first-order valence-electron chi connectivity index (χ1n) is 21.7. The zero-order valence-corrected chi connectivity index (χ0v) is 36.3. The van der Waals surface area contributed by atoms with E-state index in [1.807, 2.05) is 121 Å². The molecule has 0 bridgehead atoms. The summed E-state index contributed by atoms with van der Waals surface area (Å²) >= 11 is 1.53. The van der Waals surface area contributed by atoms with Crippen LogP contribution in [-0.4, -0.2) is 33.8 Å². The number of para-hydroxylation sites is 2. The van der Waals surface area contributed by atoms with Crippen molar-refractivity contribution >= 4 is 35.0 Å². The van der Waals surface area contributed by atoms with E-state index in [4.69, 9.17) is 24.6 Å². The van der Waals surface area contributed by atoms with Gasteiger partial charge in [0.2, 0.25) is 11.8 Å². The number of hydrogen-bond donors (Lipinski definition) is 4. The standard InChI is InChI=1S/C53H52N4O6S/c54-45-19-10-11-20-46(45)56-49(60)22-9-3-8-21-48(59)55-33-37-13-12-18-43(31-37)38-27-29-42(30-28-38)52-61-44(32-47(62-52)39-25-23-36(34-58)24-26-39)35-64-53-57-50(40-14-4-1-5-15-40)51(63-53)41-16-6-2-7-17-41/h1-2,4-7,10-20,23-31,44,47,52,58H,3,8-9,21-22,32-35,54H2,(H,55,59)(H,56,60)/t44-,47+,52+/m1/s1. The molecule has 1 aromatic heterocycles. The van der Waals surface area contributed by atoms with Crippen LogP contribution in [-0.2, 0) is 32.2 Å². The quantitative estimate of drug-likeness (QED) is 0.0375. The Bertz CT molecular complexity index is 2550. The van der Waals surface area contributed by atoms with Crippen LogP contribution in [0.2, 0.25) is 0 Å². The summed E-state index contributed by atoms with van der Waals surface area (Å²) in [4.78, 5) is 30.0. The van der Waals surface area contributed by atoms with Gasteiger partial charge in [-0.15, -0.1) is 0 Å². The maximum absolute atomic E-state index is 12.7. The zero-order chi connectivity index (χ0) is 44.1. The van der Waals surface area contributed by atoms with Gasteiger partial charge in [0.25, 0.3) is 5.22 Å². The maximum Gasteiger partial charge on any atom is 0.256 e. The Balaban J connectivity index is 0.879. The predicted octanol–water partition coefficient (Wildman–Crippen LogP) is 11.3. The van der Waals surface area contributed by atoms with Crippen LogP contribution in [0.1, 0.15) is 73.2 Å². The molecule has 6 aromatic carbocycles. The van der Waals surface area contributed by atoms with Crippen molar-refractivity contribution in [2.75, 3.05) is 16.8 Å². The molecule has 7 aromatic rings. The van der Waals surface area contributed by atoms with E-state index in [1.54, 1.807) is 12.1 Å². The number of nitrogen functional groups attached to an aromatic ring is 1. The van der Waals surface area contributed by atoms with E-state index in [1.165, 1.54) is 11.8 Å². The van der Waals surface area contributed by atoms with Gasteiger partial charge in [-0.05, 0) is 58.9 Å². The number of thioether (sulfide) groups is 1. The van der Waals surface area contributed by atoms with Gasteiger partial charge in [0, 0.05) is 48.3 Å². The second-order valence-corrected chi connectivity index (χ2v) is 16.8. The molecule has 0 unspecified atom stereocenters. The van der Waals surface area contributed by atoms with Gasteiger partial charge >= 0.3 is 0 Å². The number of unbranched alkanes of at least 4 members (excludes halogenated alkanes) is 2. The minimum atomic E-state index is -0.618. The van der Waals surface area contributed by atoms with Crippen molar-refractivity contribution in [1.82, 2.24) is 10.3 Å². The van der Waals surface area contributed by atoms with E-state index in [2.05, 4.69) is 34.9 Å². The highest BCUT2D eigenvalue weighted by molar-refractivity contribution is 7.99. The summed E-state index contributed by atoms with van der Waals surface area (Å²) in [6.45, 7) is 0.397. The summed E-state index contributed by atoms with van der Waals surface area (Å²) in [6, 6.07) is 51.6. The normalized spacial score (nSPS) is 16.0. The Labute approximate surface area is 378 Å². The Morgan fingerprint density at radius 2 is 1.34 bits per heavy atom.